The van der Waals surface area contributed by atoms with Crippen molar-refractivity contribution in [1.29, 1.82) is 5.26 Å². The Morgan fingerprint density at radius 1 is 0.944 bits per heavy atom. The first-order valence-corrected chi connectivity index (χ1v) is 13.8. The van der Waals surface area contributed by atoms with Crippen LogP contribution in [0, 0.1) is 24.2 Å². The van der Waals surface area contributed by atoms with E-state index in [0.717, 1.165) is 30.0 Å². The molecule has 7 nitrogen and oxygen atoms in total. The second kappa shape index (κ2) is 13.5. The van der Waals surface area contributed by atoms with Crippen LogP contribution >= 0.6 is 0 Å². The van der Waals surface area contributed by atoms with Crippen molar-refractivity contribution in [1.82, 2.24) is 15.5 Å². The minimum Gasteiger partial charge on any atom is -0.322 e. The Balaban J connectivity index is 0.000000193. The summed E-state index contributed by atoms with van der Waals surface area (Å²) < 4.78 is 0. The second-order valence-electron chi connectivity index (χ2n) is 10.2. The van der Waals surface area contributed by atoms with Gasteiger partial charge in [0.05, 0.1) is 6.07 Å². The molecule has 2 saturated carbocycles. The van der Waals surface area contributed by atoms with Gasteiger partial charge in [-0.3, -0.25) is 19.7 Å². The van der Waals surface area contributed by atoms with E-state index in [1.807, 2.05) is 32.9 Å². The lowest BCUT2D eigenvalue weighted by molar-refractivity contribution is -0.136. The molecule has 4 aliphatic rings. The predicted molar refractivity (Wildman–Crippen MR) is 140 cm³/mol. The number of hydrogen-bond donors (Lipinski definition) is 2. The lowest BCUT2D eigenvalue weighted by atomic mass is 9.85. The summed E-state index contributed by atoms with van der Waals surface area (Å²) in [5.41, 5.74) is 2.71. The van der Waals surface area contributed by atoms with Gasteiger partial charge in [0.25, 0.3) is 5.91 Å². The van der Waals surface area contributed by atoms with E-state index in [4.69, 9.17) is 5.26 Å². The smallest absolute Gasteiger partial charge is 0.255 e. The fourth-order valence-corrected chi connectivity index (χ4v) is 5.69. The molecule has 0 aromatic heterocycles. The van der Waals surface area contributed by atoms with E-state index in [2.05, 4.69) is 16.7 Å². The number of nitriles is 1. The Hall–Kier alpha value is -2.72. The average Bonchev–Trinajstić information content (AvgIpc) is 3.21. The summed E-state index contributed by atoms with van der Waals surface area (Å²) >= 11 is 0. The van der Waals surface area contributed by atoms with Gasteiger partial charge in [0.15, 0.2) is 0 Å². The molecule has 0 radical (unpaired) electrons. The third-order valence-electron chi connectivity index (χ3n) is 7.67. The number of nitrogens with one attached hydrogen (secondary N) is 2. The molecule has 3 amide bonds. The number of hydrogen-bond acceptors (Lipinski definition) is 5. The standard InChI is InChI=1S/C14H14N2O3.C13H22N2.C2H6/c1-8-2-3-10-9(6-8)7-16(14(10)19)11-4-5-12(17)15-13(11)18;14-10-11-6-8-13(9-7-11)15-12-4-2-1-3-5-12;1-2/h2-3,6,11H,4-5,7H2,1H3,(H,15,17,18);11-13,15H,1-9H2;1-2H3. The molecule has 7 heteroatoms. The Morgan fingerprint density at radius 3 is 2.25 bits per heavy atom. The summed E-state index contributed by atoms with van der Waals surface area (Å²) in [5.74, 6) is -0.408. The molecule has 2 aliphatic heterocycles. The molecule has 2 heterocycles. The Morgan fingerprint density at radius 2 is 1.61 bits per heavy atom. The number of nitrogens with zero attached hydrogens (tertiary/aromatic N) is 2. The summed E-state index contributed by atoms with van der Waals surface area (Å²) in [6, 6.07) is 9.03. The molecule has 1 aromatic rings. The van der Waals surface area contributed by atoms with Gasteiger partial charge in [0.2, 0.25) is 11.8 Å². The number of carbonyl (C=O) groups excluding carboxylic acids is 3. The van der Waals surface area contributed by atoms with Gasteiger partial charge in [-0.15, -0.1) is 0 Å². The Labute approximate surface area is 216 Å². The molecular weight excluding hydrogens is 452 g/mol. The van der Waals surface area contributed by atoms with Crippen LogP contribution in [-0.4, -0.2) is 40.7 Å². The Kier molecular flexibility index (Phi) is 10.5. The minimum atomic E-state index is -0.530. The molecule has 1 saturated heterocycles. The van der Waals surface area contributed by atoms with Crippen LogP contribution in [0.15, 0.2) is 18.2 Å². The van der Waals surface area contributed by atoms with Crippen molar-refractivity contribution in [3.05, 3.63) is 34.9 Å². The summed E-state index contributed by atoms with van der Waals surface area (Å²) in [5, 5.41) is 14.9. The van der Waals surface area contributed by atoms with E-state index in [9.17, 15) is 14.4 Å². The maximum Gasteiger partial charge on any atom is 0.255 e. The summed E-state index contributed by atoms with van der Waals surface area (Å²) in [6.07, 6.45) is 12.3. The van der Waals surface area contributed by atoms with Crippen molar-refractivity contribution < 1.29 is 14.4 Å². The molecule has 5 rings (SSSR count). The van der Waals surface area contributed by atoms with Gasteiger partial charge in [0.1, 0.15) is 6.04 Å². The van der Waals surface area contributed by atoms with Crippen LogP contribution in [0.4, 0.5) is 0 Å². The molecule has 1 atom stereocenters. The zero-order valence-corrected chi connectivity index (χ0v) is 22.1. The van der Waals surface area contributed by atoms with E-state index in [0.29, 0.717) is 30.5 Å². The largest absolute Gasteiger partial charge is 0.322 e. The van der Waals surface area contributed by atoms with Crippen LogP contribution in [0.3, 0.4) is 0 Å². The normalized spacial score (nSPS) is 26.0. The molecular formula is C29H42N4O3. The molecule has 2 N–H and O–H groups in total. The van der Waals surface area contributed by atoms with Crippen LogP contribution < -0.4 is 10.6 Å². The molecule has 2 aliphatic carbocycles. The fraction of sp³-hybridized carbons (Fsp3) is 0.655. The molecule has 0 bridgehead atoms. The first kappa shape index (κ1) is 27.9. The van der Waals surface area contributed by atoms with Crippen LogP contribution in [0.1, 0.15) is 106 Å². The van der Waals surface area contributed by atoms with Crippen LogP contribution in [0.25, 0.3) is 0 Å². The van der Waals surface area contributed by atoms with Gasteiger partial charge in [-0.1, -0.05) is 50.8 Å². The zero-order valence-electron chi connectivity index (χ0n) is 22.1. The van der Waals surface area contributed by atoms with Crippen molar-refractivity contribution in [3.63, 3.8) is 0 Å². The number of rotatable bonds is 3. The highest BCUT2D eigenvalue weighted by molar-refractivity contribution is 6.05. The second-order valence-corrected chi connectivity index (χ2v) is 10.2. The maximum atomic E-state index is 12.3. The van der Waals surface area contributed by atoms with Crippen molar-refractivity contribution >= 4 is 17.7 Å². The quantitative estimate of drug-likeness (QED) is 0.589. The number of amides is 3. The lowest BCUT2D eigenvalue weighted by Crippen LogP contribution is -2.52. The molecule has 196 valence electrons. The van der Waals surface area contributed by atoms with E-state index in [1.165, 1.54) is 44.9 Å². The van der Waals surface area contributed by atoms with Gasteiger partial charge in [-0.05, 0) is 63.5 Å². The van der Waals surface area contributed by atoms with E-state index >= 15 is 0 Å². The van der Waals surface area contributed by atoms with Gasteiger partial charge >= 0.3 is 0 Å². The third kappa shape index (κ3) is 7.16. The highest BCUT2D eigenvalue weighted by Crippen LogP contribution is 2.28. The summed E-state index contributed by atoms with van der Waals surface area (Å²) in [6.45, 7) is 6.42. The monoisotopic (exact) mass is 494 g/mol. The predicted octanol–water partition coefficient (Wildman–Crippen LogP) is 4.77. The van der Waals surface area contributed by atoms with Crippen molar-refractivity contribution in [2.24, 2.45) is 5.92 Å². The number of fused-ring (bicyclic) bond motifs is 1. The first-order chi connectivity index (χ1) is 17.4. The van der Waals surface area contributed by atoms with Crippen molar-refractivity contribution in [2.45, 2.75) is 116 Å². The van der Waals surface area contributed by atoms with Gasteiger partial charge in [0, 0.05) is 36.5 Å². The minimum absolute atomic E-state index is 0.121. The number of imide groups is 1. The number of piperidine rings is 1. The van der Waals surface area contributed by atoms with Crippen molar-refractivity contribution in [2.75, 3.05) is 0 Å². The third-order valence-corrected chi connectivity index (χ3v) is 7.67. The van der Waals surface area contributed by atoms with Crippen molar-refractivity contribution in [3.8, 4) is 6.07 Å². The molecule has 0 spiro atoms. The fourth-order valence-electron chi connectivity index (χ4n) is 5.69. The highest BCUT2D eigenvalue weighted by atomic mass is 16.2. The summed E-state index contributed by atoms with van der Waals surface area (Å²) in [4.78, 5) is 36.8. The Bertz CT molecular complexity index is 956. The van der Waals surface area contributed by atoms with E-state index in [1.54, 1.807) is 11.0 Å². The first-order valence-electron chi connectivity index (χ1n) is 13.8. The summed E-state index contributed by atoms with van der Waals surface area (Å²) in [7, 11) is 0. The number of benzene rings is 1. The zero-order chi connectivity index (χ0) is 26.1. The number of carbonyl (C=O) groups is 3. The molecule has 36 heavy (non-hydrogen) atoms. The number of aryl methyl sites for hydroxylation is 1. The molecule has 1 unspecified atom stereocenters. The van der Waals surface area contributed by atoms with Crippen LogP contribution in [0.5, 0.6) is 0 Å². The average molecular weight is 495 g/mol. The highest BCUT2D eigenvalue weighted by Gasteiger charge is 2.38. The van der Waals surface area contributed by atoms with Gasteiger partial charge in [-0.2, -0.15) is 5.26 Å². The SMILES string of the molecule is CC.Cc1ccc2c(c1)CN(C1CCC(=O)NC1=O)C2=O.N#CC1CCC(NC2CCCCC2)CC1. The maximum absolute atomic E-state index is 12.3. The lowest BCUT2D eigenvalue weighted by Gasteiger charge is -2.31. The van der Waals surface area contributed by atoms with Gasteiger partial charge < -0.3 is 10.2 Å². The van der Waals surface area contributed by atoms with Gasteiger partial charge in [-0.25, -0.2) is 0 Å². The molecule has 1 aromatic carbocycles. The van der Waals surface area contributed by atoms with E-state index < -0.39 is 6.04 Å². The molecule has 3 fully saturated rings. The van der Waals surface area contributed by atoms with E-state index in [-0.39, 0.29) is 24.1 Å². The van der Waals surface area contributed by atoms with Crippen LogP contribution in [-0.2, 0) is 16.1 Å². The van der Waals surface area contributed by atoms with Crippen LogP contribution in [0.2, 0.25) is 0 Å². The topological polar surface area (TPSA) is 102 Å².